The van der Waals surface area contributed by atoms with Crippen LogP contribution in [0.25, 0.3) is 0 Å². The fourth-order valence-electron chi connectivity index (χ4n) is 1.83. The van der Waals surface area contributed by atoms with Crippen LogP contribution < -0.4 is 5.32 Å². The van der Waals surface area contributed by atoms with E-state index in [-0.39, 0.29) is 11.9 Å². The number of carbonyl (C=O) groups excluding carboxylic acids is 1. The zero-order valence-electron chi connectivity index (χ0n) is 8.82. The Morgan fingerprint density at radius 2 is 2.38 bits per heavy atom. The predicted octanol–water partition coefficient (Wildman–Crippen LogP) is 1.67. The van der Waals surface area contributed by atoms with Gasteiger partial charge in [0.25, 0.3) is 5.91 Å². The Morgan fingerprint density at radius 1 is 1.50 bits per heavy atom. The van der Waals surface area contributed by atoms with Crippen LogP contribution in [0.5, 0.6) is 0 Å². The van der Waals surface area contributed by atoms with Crippen molar-refractivity contribution in [3.05, 3.63) is 21.4 Å². The molecule has 3 rings (SSSR count). The first-order chi connectivity index (χ1) is 7.83. The molecule has 0 saturated carbocycles. The molecule has 2 aliphatic heterocycles. The fraction of sp³-hybridized carbons (Fsp3) is 0.545. The number of hydrogen-bond acceptors (Lipinski definition) is 4. The zero-order valence-corrected chi connectivity index (χ0v) is 10.5. The molecule has 0 radical (unpaired) electrons. The molecular formula is C11H13NO2S2. The second kappa shape index (κ2) is 4.39. The number of carbonyl (C=O) groups is 1. The van der Waals surface area contributed by atoms with E-state index in [0.717, 1.165) is 17.1 Å². The zero-order chi connectivity index (χ0) is 11.0. The van der Waals surface area contributed by atoms with Crippen LogP contribution in [0, 0.1) is 0 Å². The van der Waals surface area contributed by atoms with E-state index < -0.39 is 0 Å². The van der Waals surface area contributed by atoms with Crippen molar-refractivity contribution in [2.45, 2.75) is 18.2 Å². The van der Waals surface area contributed by atoms with Crippen LogP contribution in [0.4, 0.5) is 0 Å². The number of hydrogen-bond donors (Lipinski definition) is 1. The van der Waals surface area contributed by atoms with E-state index in [1.807, 2.05) is 11.8 Å². The van der Waals surface area contributed by atoms with E-state index >= 15 is 0 Å². The molecule has 3 heterocycles. The maximum atomic E-state index is 11.9. The summed E-state index contributed by atoms with van der Waals surface area (Å²) < 4.78 is 5.04. The topological polar surface area (TPSA) is 38.3 Å². The quantitative estimate of drug-likeness (QED) is 0.873. The molecule has 0 aliphatic carbocycles. The lowest BCUT2D eigenvalue weighted by molar-refractivity contribution is -0.00339. The van der Waals surface area contributed by atoms with Crippen LogP contribution in [-0.4, -0.2) is 30.9 Å². The summed E-state index contributed by atoms with van der Waals surface area (Å²) in [6.07, 6.45) is 1.12. The molecule has 16 heavy (non-hydrogen) atoms. The number of thioether (sulfide) groups is 1. The van der Waals surface area contributed by atoms with Crippen LogP contribution in [-0.2, 0) is 16.9 Å². The summed E-state index contributed by atoms with van der Waals surface area (Å²) >= 11 is 3.60. The van der Waals surface area contributed by atoms with Gasteiger partial charge in [0.15, 0.2) is 0 Å². The van der Waals surface area contributed by atoms with Gasteiger partial charge in [-0.05, 0) is 23.8 Å². The Labute approximate surface area is 103 Å². The summed E-state index contributed by atoms with van der Waals surface area (Å²) in [5, 5.41) is 2.98. The number of fused-ring (bicyclic) bond motifs is 1. The van der Waals surface area contributed by atoms with Gasteiger partial charge in [-0.2, -0.15) is 11.8 Å². The molecule has 2 aliphatic rings. The molecule has 1 amide bonds. The minimum absolute atomic E-state index is 0.0673. The summed E-state index contributed by atoms with van der Waals surface area (Å²) in [4.78, 5) is 14.2. The Balaban J connectivity index is 1.72. The summed E-state index contributed by atoms with van der Waals surface area (Å²) in [5.41, 5.74) is 1.36. The molecule has 1 aromatic heterocycles. The van der Waals surface area contributed by atoms with Gasteiger partial charge in [-0.1, -0.05) is 0 Å². The number of aryl methyl sites for hydroxylation is 1. The highest BCUT2D eigenvalue weighted by atomic mass is 32.2. The van der Waals surface area contributed by atoms with Gasteiger partial charge in [0, 0.05) is 10.6 Å². The highest BCUT2D eigenvalue weighted by Crippen LogP contribution is 2.31. The maximum Gasteiger partial charge on any atom is 0.261 e. The lowest BCUT2D eigenvalue weighted by Gasteiger charge is -2.26. The van der Waals surface area contributed by atoms with Crippen LogP contribution in [0.2, 0.25) is 0 Å². The molecular weight excluding hydrogens is 242 g/mol. The fourth-order valence-corrected chi connectivity index (χ4v) is 4.11. The van der Waals surface area contributed by atoms with Crippen LogP contribution >= 0.6 is 23.1 Å². The molecule has 1 saturated heterocycles. The minimum atomic E-state index is 0.0673. The first-order valence-electron chi connectivity index (χ1n) is 5.41. The molecule has 0 unspecified atom stereocenters. The molecule has 1 fully saturated rings. The minimum Gasteiger partial charge on any atom is -0.377 e. The van der Waals surface area contributed by atoms with E-state index in [4.69, 9.17) is 4.74 Å². The normalized spacial score (nSPS) is 20.0. The number of thiophene rings is 1. The summed E-state index contributed by atoms with van der Waals surface area (Å²) in [6.45, 7) is 1.32. The van der Waals surface area contributed by atoms with Gasteiger partial charge < -0.3 is 10.1 Å². The van der Waals surface area contributed by atoms with Gasteiger partial charge in [-0.3, -0.25) is 4.79 Å². The standard InChI is InChI=1S/C11H13NO2S2/c13-11(12-8-4-14-5-8)10-3-7-6-15-2-1-9(7)16-10/h3,8H,1-2,4-6H2,(H,12,13). The van der Waals surface area contributed by atoms with Crippen molar-refractivity contribution in [3.8, 4) is 0 Å². The first kappa shape index (κ1) is 10.6. The predicted molar refractivity (Wildman–Crippen MR) is 66.3 cm³/mol. The van der Waals surface area contributed by atoms with Gasteiger partial charge in [-0.25, -0.2) is 0 Å². The Hall–Kier alpha value is -0.520. The van der Waals surface area contributed by atoms with E-state index in [9.17, 15) is 4.79 Å². The Bertz CT molecular complexity index is 389. The Kier molecular flexibility index (Phi) is 2.91. The molecule has 86 valence electrons. The largest absolute Gasteiger partial charge is 0.377 e. The average Bonchev–Trinajstić information content (AvgIpc) is 2.66. The molecule has 1 N–H and O–H groups in total. The molecule has 0 atom stereocenters. The van der Waals surface area contributed by atoms with E-state index in [1.165, 1.54) is 16.2 Å². The van der Waals surface area contributed by atoms with Crippen molar-refractivity contribution in [2.75, 3.05) is 19.0 Å². The summed E-state index contributed by atoms with van der Waals surface area (Å²) in [5.74, 6) is 2.31. The lowest BCUT2D eigenvalue weighted by Crippen LogP contribution is -2.48. The van der Waals surface area contributed by atoms with E-state index in [2.05, 4.69) is 11.4 Å². The van der Waals surface area contributed by atoms with Gasteiger partial charge in [0.1, 0.15) is 0 Å². The Morgan fingerprint density at radius 3 is 3.06 bits per heavy atom. The van der Waals surface area contributed by atoms with Crippen molar-refractivity contribution < 1.29 is 9.53 Å². The van der Waals surface area contributed by atoms with Gasteiger partial charge in [0.2, 0.25) is 0 Å². The van der Waals surface area contributed by atoms with Crippen LogP contribution in [0.1, 0.15) is 20.1 Å². The van der Waals surface area contributed by atoms with Crippen molar-refractivity contribution in [3.63, 3.8) is 0 Å². The van der Waals surface area contributed by atoms with Crippen molar-refractivity contribution >= 4 is 29.0 Å². The monoisotopic (exact) mass is 255 g/mol. The molecule has 0 spiro atoms. The highest BCUT2D eigenvalue weighted by molar-refractivity contribution is 7.98. The number of amides is 1. The third kappa shape index (κ3) is 1.99. The maximum absolute atomic E-state index is 11.9. The molecule has 3 nitrogen and oxygen atoms in total. The molecule has 5 heteroatoms. The second-order valence-corrected chi connectivity index (χ2v) is 6.31. The van der Waals surface area contributed by atoms with Crippen molar-refractivity contribution in [1.29, 1.82) is 0 Å². The SMILES string of the molecule is O=C(NC1COC1)c1cc2c(s1)CCSC2. The summed E-state index contributed by atoms with van der Waals surface area (Å²) in [6, 6.07) is 2.28. The van der Waals surface area contributed by atoms with Gasteiger partial charge in [0.05, 0.1) is 24.1 Å². The van der Waals surface area contributed by atoms with Crippen molar-refractivity contribution in [2.24, 2.45) is 0 Å². The third-order valence-corrected chi connectivity index (χ3v) is 5.07. The van der Waals surface area contributed by atoms with E-state index in [1.54, 1.807) is 11.3 Å². The summed E-state index contributed by atoms with van der Waals surface area (Å²) in [7, 11) is 0. The molecule has 0 bridgehead atoms. The average molecular weight is 255 g/mol. The smallest absolute Gasteiger partial charge is 0.261 e. The molecule has 0 aromatic carbocycles. The highest BCUT2D eigenvalue weighted by Gasteiger charge is 2.23. The van der Waals surface area contributed by atoms with E-state index in [0.29, 0.717) is 13.2 Å². The third-order valence-electron chi connectivity index (χ3n) is 2.82. The second-order valence-electron chi connectivity index (χ2n) is 4.07. The van der Waals surface area contributed by atoms with Crippen LogP contribution in [0.3, 0.4) is 0 Å². The van der Waals surface area contributed by atoms with Crippen LogP contribution in [0.15, 0.2) is 6.07 Å². The van der Waals surface area contributed by atoms with Gasteiger partial charge >= 0.3 is 0 Å². The lowest BCUT2D eigenvalue weighted by atomic mass is 10.2. The molecule has 1 aromatic rings. The number of rotatable bonds is 2. The van der Waals surface area contributed by atoms with Gasteiger partial charge in [-0.15, -0.1) is 11.3 Å². The van der Waals surface area contributed by atoms with Crippen molar-refractivity contribution in [1.82, 2.24) is 5.32 Å². The number of nitrogens with one attached hydrogen (secondary N) is 1. The number of ether oxygens (including phenoxy) is 1. The first-order valence-corrected chi connectivity index (χ1v) is 7.38.